The van der Waals surface area contributed by atoms with Crippen LogP contribution >= 0.6 is 0 Å². The van der Waals surface area contributed by atoms with Crippen LogP contribution < -0.4 is 5.11 Å². The molecule has 0 saturated carbocycles. The molecule has 0 radical (unpaired) electrons. The lowest BCUT2D eigenvalue weighted by atomic mass is 10.2. The van der Waals surface area contributed by atoms with Crippen molar-refractivity contribution in [3.63, 3.8) is 0 Å². The number of nitro groups is 1. The van der Waals surface area contributed by atoms with Crippen LogP contribution in [0.25, 0.3) is 0 Å². The van der Waals surface area contributed by atoms with E-state index in [0.717, 1.165) is 6.07 Å². The summed E-state index contributed by atoms with van der Waals surface area (Å²) in [6.07, 6.45) is 2.84. The van der Waals surface area contributed by atoms with Gasteiger partial charge in [0.05, 0.1) is 17.7 Å². The van der Waals surface area contributed by atoms with Crippen molar-refractivity contribution in [2.24, 2.45) is 4.99 Å². The number of nitrogens with zero attached hydrogens (tertiary/aromatic N) is 2. The molecule has 92 valence electrons. The molecule has 1 heterocycles. The van der Waals surface area contributed by atoms with E-state index >= 15 is 0 Å². The van der Waals surface area contributed by atoms with Gasteiger partial charge in [-0.05, 0) is 17.7 Å². The Balaban J connectivity index is 2.15. The summed E-state index contributed by atoms with van der Waals surface area (Å²) in [5, 5.41) is 22.0. The Morgan fingerprint density at radius 2 is 2.22 bits per heavy atom. The average molecular weight is 245 g/mol. The number of nitro benzene ring substituents is 1. The highest BCUT2D eigenvalue weighted by Gasteiger charge is 2.05. The molecule has 0 unspecified atom stereocenters. The van der Waals surface area contributed by atoms with Gasteiger partial charge in [0, 0.05) is 18.3 Å². The summed E-state index contributed by atoms with van der Waals surface area (Å²) in [7, 11) is 0. The maximum Gasteiger partial charge on any atom is 0.270 e. The molecule has 0 aliphatic carbocycles. The topological polar surface area (TPSA) is 91.7 Å². The molecule has 0 aliphatic rings. The van der Waals surface area contributed by atoms with Crippen molar-refractivity contribution in [1.82, 2.24) is 0 Å². The monoisotopic (exact) mass is 245 g/mol. The second kappa shape index (κ2) is 5.13. The van der Waals surface area contributed by atoms with E-state index in [0.29, 0.717) is 5.76 Å². The number of benzene rings is 1. The van der Waals surface area contributed by atoms with Crippen molar-refractivity contribution in [3.8, 4) is 5.75 Å². The Hall–Kier alpha value is -2.63. The van der Waals surface area contributed by atoms with Crippen LogP contribution in [0.4, 0.5) is 5.69 Å². The van der Waals surface area contributed by atoms with Crippen molar-refractivity contribution in [2.45, 2.75) is 6.54 Å². The van der Waals surface area contributed by atoms with Crippen LogP contribution in [0.1, 0.15) is 11.3 Å². The third kappa shape index (κ3) is 2.73. The molecule has 0 aliphatic heterocycles. The summed E-state index contributed by atoms with van der Waals surface area (Å²) >= 11 is 0. The average Bonchev–Trinajstić information content (AvgIpc) is 2.84. The lowest BCUT2D eigenvalue weighted by Gasteiger charge is -2.08. The van der Waals surface area contributed by atoms with E-state index in [1.54, 1.807) is 12.1 Å². The molecule has 0 saturated heterocycles. The minimum absolute atomic E-state index is 0.131. The standard InChI is InChI=1S/C12H10N2O4/c15-12-4-3-10(14(16)17)6-9(12)7-13-8-11-2-1-5-18-11/h1-7,15H,8H2/p-1. The molecule has 0 bridgehead atoms. The zero-order valence-corrected chi connectivity index (χ0v) is 9.28. The highest BCUT2D eigenvalue weighted by molar-refractivity contribution is 5.84. The van der Waals surface area contributed by atoms with E-state index in [9.17, 15) is 15.2 Å². The Morgan fingerprint density at radius 1 is 1.39 bits per heavy atom. The van der Waals surface area contributed by atoms with Crippen LogP contribution in [0.2, 0.25) is 0 Å². The van der Waals surface area contributed by atoms with E-state index in [-0.39, 0.29) is 23.5 Å². The van der Waals surface area contributed by atoms with Gasteiger partial charge in [-0.2, -0.15) is 0 Å². The van der Waals surface area contributed by atoms with Crippen LogP contribution in [0.3, 0.4) is 0 Å². The Kier molecular flexibility index (Phi) is 3.38. The molecule has 0 atom stereocenters. The number of non-ortho nitro benzene ring substituents is 1. The van der Waals surface area contributed by atoms with Crippen molar-refractivity contribution < 1.29 is 14.4 Å². The molecule has 0 spiro atoms. The largest absolute Gasteiger partial charge is 0.872 e. The fourth-order valence-electron chi connectivity index (χ4n) is 1.39. The quantitative estimate of drug-likeness (QED) is 0.467. The smallest absolute Gasteiger partial charge is 0.270 e. The Morgan fingerprint density at radius 3 is 2.89 bits per heavy atom. The Bertz CT molecular complexity index is 576. The van der Waals surface area contributed by atoms with Crippen LogP contribution in [0, 0.1) is 10.1 Å². The highest BCUT2D eigenvalue weighted by atomic mass is 16.6. The summed E-state index contributed by atoms with van der Waals surface area (Å²) in [6.45, 7) is 0.287. The molecule has 0 N–H and O–H groups in total. The SMILES string of the molecule is O=[N+]([O-])c1ccc([O-])c(C=NCc2ccco2)c1. The molecular formula is C12H9N2O4-. The number of hydrogen-bond acceptors (Lipinski definition) is 5. The molecule has 18 heavy (non-hydrogen) atoms. The van der Waals surface area contributed by atoms with Gasteiger partial charge in [0.2, 0.25) is 0 Å². The maximum absolute atomic E-state index is 11.4. The minimum Gasteiger partial charge on any atom is -0.872 e. The molecule has 6 nitrogen and oxygen atoms in total. The number of furan rings is 1. The van der Waals surface area contributed by atoms with E-state index in [1.165, 1.54) is 24.6 Å². The highest BCUT2D eigenvalue weighted by Crippen LogP contribution is 2.19. The first kappa shape index (κ1) is 11.8. The van der Waals surface area contributed by atoms with Gasteiger partial charge < -0.3 is 9.52 Å². The molecular weight excluding hydrogens is 236 g/mol. The van der Waals surface area contributed by atoms with E-state index in [1.807, 2.05) is 0 Å². The minimum atomic E-state index is -0.552. The van der Waals surface area contributed by atoms with E-state index < -0.39 is 4.92 Å². The van der Waals surface area contributed by atoms with Gasteiger partial charge in [0.15, 0.2) is 0 Å². The molecule has 0 amide bonds. The lowest BCUT2D eigenvalue weighted by molar-refractivity contribution is -0.385. The van der Waals surface area contributed by atoms with Gasteiger partial charge in [-0.3, -0.25) is 15.1 Å². The van der Waals surface area contributed by atoms with Gasteiger partial charge in [-0.15, -0.1) is 0 Å². The normalized spacial score (nSPS) is 10.9. The second-order valence-corrected chi connectivity index (χ2v) is 3.53. The van der Waals surface area contributed by atoms with Gasteiger partial charge >= 0.3 is 0 Å². The number of rotatable bonds is 4. The number of hydrogen-bond donors (Lipinski definition) is 0. The lowest BCUT2D eigenvalue weighted by Crippen LogP contribution is -1.98. The van der Waals surface area contributed by atoms with Crippen LogP contribution in [0.15, 0.2) is 46.0 Å². The van der Waals surface area contributed by atoms with Crippen LogP contribution in [-0.2, 0) is 6.54 Å². The zero-order valence-electron chi connectivity index (χ0n) is 9.28. The van der Waals surface area contributed by atoms with Gasteiger partial charge in [0.1, 0.15) is 5.76 Å². The maximum atomic E-state index is 11.4. The van der Waals surface area contributed by atoms with Crippen molar-refractivity contribution in [3.05, 3.63) is 58.0 Å². The van der Waals surface area contributed by atoms with Crippen molar-refractivity contribution >= 4 is 11.9 Å². The first-order chi connectivity index (χ1) is 8.66. The zero-order chi connectivity index (χ0) is 13.0. The van der Waals surface area contributed by atoms with E-state index in [4.69, 9.17) is 4.42 Å². The van der Waals surface area contributed by atoms with Crippen LogP contribution in [0.5, 0.6) is 5.75 Å². The fourth-order valence-corrected chi connectivity index (χ4v) is 1.39. The Labute approximate surface area is 102 Å². The predicted molar refractivity (Wildman–Crippen MR) is 62.5 cm³/mol. The molecule has 1 aromatic carbocycles. The third-order valence-corrected chi connectivity index (χ3v) is 2.26. The summed E-state index contributed by atoms with van der Waals surface area (Å²) < 4.78 is 5.06. The van der Waals surface area contributed by atoms with Crippen molar-refractivity contribution in [1.29, 1.82) is 0 Å². The van der Waals surface area contributed by atoms with Crippen LogP contribution in [-0.4, -0.2) is 11.1 Å². The predicted octanol–water partition coefficient (Wildman–Crippen LogP) is 1.88. The van der Waals surface area contributed by atoms with Crippen molar-refractivity contribution in [2.75, 3.05) is 0 Å². The fraction of sp³-hybridized carbons (Fsp3) is 0.0833. The van der Waals surface area contributed by atoms with E-state index in [2.05, 4.69) is 4.99 Å². The summed E-state index contributed by atoms with van der Waals surface area (Å²) in [5.41, 5.74) is 0.0600. The summed E-state index contributed by atoms with van der Waals surface area (Å²) in [6, 6.07) is 7.02. The summed E-state index contributed by atoms with van der Waals surface area (Å²) in [5.74, 6) is 0.355. The first-order valence-electron chi connectivity index (χ1n) is 5.14. The molecule has 0 fully saturated rings. The molecule has 6 heteroatoms. The third-order valence-electron chi connectivity index (χ3n) is 2.26. The molecule has 1 aromatic heterocycles. The van der Waals surface area contributed by atoms with Gasteiger partial charge in [-0.1, -0.05) is 11.8 Å². The second-order valence-electron chi connectivity index (χ2n) is 3.53. The molecule has 2 rings (SSSR count). The van der Waals surface area contributed by atoms with Gasteiger partial charge in [-0.25, -0.2) is 0 Å². The molecule has 2 aromatic rings. The van der Waals surface area contributed by atoms with Gasteiger partial charge in [0.25, 0.3) is 5.69 Å². The number of aliphatic imine (C=N–C) groups is 1. The first-order valence-corrected chi connectivity index (χ1v) is 5.14. The summed E-state index contributed by atoms with van der Waals surface area (Å²) in [4.78, 5) is 14.0.